The molecule has 7 heteroatoms. The van der Waals surface area contributed by atoms with Gasteiger partial charge < -0.3 is 4.74 Å². The van der Waals surface area contributed by atoms with Crippen LogP contribution < -0.4 is 5.32 Å². The Kier molecular flexibility index (Phi) is 5.11. The topological polar surface area (TPSA) is 64.1 Å². The fourth-order valence-electron chi connectivity index (χ4n) is 2.95. The second-order valence-electron chi connectivity index (χ2n) is 6.58. The summed E-state index contributed by atoms with van der Waals surface area (Å²) < 4.78 is 6.44. The number of rotatable bonds is 4. The molecule has 0 aliphatic carbocycles. The smallest absolute Gasteiger partial charge is 0.411 e. The Labute approximate surface area is 172 Å². The monoisotopic (exact) mass is 411 g/mol. The third-order valence-corrected chi connectivity index (χ3v) is 6.37. The summed E-state index contributed by atoms with van der Waals surface area (Å²) in [5.74, 6) is 0. The minimum absolute atomic E-state index is 0. The van der Waals surface area contributed by atoms with Crippen molar-refractivity contribution in [1.29, 1.82) is 0 Å². The molecule has 5 nitrogen and oxygen atoms in total. The van der Waals surface area contributed by atoms with Gasteiger partial charge in [-0.05, 0) is 44.5 Å². The molecule has 2 heterocycles. The molecule has 4 aromatic rings. The highest BCUT2D eigenvalue weighted by Gasteiger charge is 2.13. The Bertz CT molecular complexity index is 1170. The lowest BCUT2D eigenvalue weighted by molar-refractivity contribution is 0.156. The highest BCUT2D eigenvalue weighted by molar-refractivity contribution is 7.16. The van der Waals surface area contributed by atoms with Crippen molar-refractivity contribution in [2.45, 2.75) is 27.4 Å². The standard InChI is InChI=1S/C21H19N3O2S2.H2/c1-12-4-6-16(13(2)8-12)20-23-14(3)19(28-20)10-26-21(25)24-15-5-7-17-18(9-15)27-11-22-17;/h4-9,11H,10H2,1-3H3,(H,24,25);1H. The zero-order valence-corrected chi connectivity index (χ0v) is 17.4. The highest BCUT2D eigenvalue weighted by Crippen LogP contribution is 2.31. The molecule has 0 saturated carbocycles. The molecular formula is C21H21N3O2S2. The largest absolute Gasteiger partial charge is 0.444 e. The first-order valence-corrected chi connectivity index (χ1v) is 10.5. The summed E-state index contributed by atoms with van der Waals surface area (Å²) in [6.45, 7) is 6.30. The predicted octanol–water partition coefficient (Wildman–Crippen LogP) is 6.34. The van der Waals surface area contributed by atoms with Crippen LogP contribution in [0.3, 0.4) is 0 Å². The molecule has 2 aromatic carbocycles. The van der Waals surface area contributed by atoms with Crippen molar-refractivity contribution < 1.29 is 11.0 Å². The molecule has 28 heavy (non-hydrogen) atoms. The quantitative estimate of drug-likeness (QED) is 0.425. The van der Waals surface area contributed by atoms with Gasteiger partial charge in [0.1, 0.15) is 11.6 Å². The molecule has 0 aliphatic heterocycles. The minimum Gasteiger partial charge on any atom is -0.444 e. The third kappa shape index (κ3) is 3.90. The Balaban J connectivity index is 0.00000240. The van der Waals surface area contributed by atoms with Gasteiger partial charge in [-0.1, -0.05) is 23.8 Å². The first-order chi connectivity index (χ1) is 13.5. The number of amides is 1. The summed E-state index contributed by atoms with van der Waals surface area (Å²) in [4.78, 5) is 22.0. The van der Waals surface area contributed by atoms with Crippen molar-refractivity contribution in [2.75, 3.05) is 5.32 Å². The number of carbonyl (C=O) groups is 1. The first kappa shape index (κ1) is 18.6. The Morgan fingerprint density at radius 1 is 1.18 bits per heavy atom. The van der Waals surface area contributed by atoms with Crippen molar-refractivity contribution in [1.82, 2.24) is 9.97 Å². The molecule has 1 N–H and O–H groups in total. The van der Waals surface area contributed by atoms with E-state index in [4.69, 9.17) is 4.74 Å². The van der Waals surface area contributed by atoms with Crippen molar-refractivity contribution in [2.24, 2.45) is 0 Å². The van der Waals surface area contributed by atoms with E-state index in [-0.39, 0.29) is 8.03 Å². The molecular weight excluding hydrogens is 390 g/mol. The van der Waals surface area contributed by atoms with Crippen LogP contribution in [0, 0.1) is 20.8 Å². The Morgan fingerprint density at radius 3 is 2.86 bits per heavy atom. The molecule has 0 atom stereocenters. The number of nitrogens with one attached hydrogen (secondary N) is 1. The van der Waals surface area contributed by atoms with Gasteiger partial charge in [0.25, 0.3) is 0 Å². The molecule has 0 spiro atoms. The van der Waals surface area contributed by atoms with Gasteiger partial charge in [0.15, 0.2) is 0 Å². The van der Waals surface area contributed by atoms with Crippen molar-refractivity contribution >= 4 is 44.7 Å². The molecule has 1 amide bonds. The lowest BCUT2D eigenvalue weighted by Crippen LogP contribution is -2.13. The fraction of sp³-hybridized carbons (Fsp3) is 0.190. The van der Waals surface area contributed by atoms with Crippen LogP contribution in [0.1, 0.15) is 23.1 Å². The predicted molar refractivity (Wildman–Crippen MR) is 117 cm³/mol. The van der Waals surface area contributed by atoms with Crippen molar-refractivity contribution in [3.05, 3.63) is 63.6 Å². The van der Waals surface area contributed by atoms with Crippen LogP contribution in [-0.4, -0.2) is 16.1 Å². The van der Waals surface area contributed by atoms with Crippen LogP contribution in [0.4, 0.5) is 10.5 Å². The summed E-state index contributed by atoms with van der Waals surface area (Å²) >= 11 is 3.09. The number of hydrogen-bond donors (Lipinski definition) is 1. The zero-order chi connectivity index (χ0) is 19.7. The molecule has 0 saturated heterocycles. The van der Waals surface area contributed by atoms with Crippen molar-refractivity contribution in [3.8, 4) is 10.6 Å². The van der Waals surface area contributed by atoms with Gasteiger partial charge in [0, 0.05) is 12.7 Å². The molecule has 0 aliphatic rings. The fourth-order valence-corrected chi connectivity index (χ4v) is 4.73. The van der Waals surface area contributed by atoms with Crippen LogP contribution in [0.15, 0.2) is 41.9 Å². The van der Waals surface area contributed by atoms with Gasteiger partial charge in [-0.15, -0.1) is 22.7 Å². The van der Waals surface area contributed by atoms with E-state index in [1.54, 1.807) is 16.8 Å². The number of nitrogens with zero attached hydrogens (tertiary/aromatic N) is 2. The zero-order valence-electron chi connectivity index (χ0n) is 15.8. The minimum atomic E-state index is -0.482. The lowest BCUT2D eigenvalue weighted by Gasteiger charge is -2.06. The second-order valence-corrected chi connectivity index (χ2v) is 8.55. The Hall–Kier alpha value is -2.77. The summed E-state index contributed by atoms with van der Waals surface area (Å²) in [6.07, 6.45) is -0.482. The van der Waals surface area contributed by atoms with Gasteiger partial charge in [-0.3, -0.25) is 5.32 Å². The number of ether oxygens (including phenoxy) is 1. The van der Waals surface area contributed by atoms with E-state index in [9.17, 15) is 4.79 Å². The van der Waals surface area contributed by atoms with E-state index in [2.05, 4.69) is 47.3 Å². The summed E-state index contributed by atoms with van der Waals surface area (Å²) in [7, 11) is 0. The number of anilines is 1. The van der Waals surface area contributed by atoms with Gasteiger partial charge in [-0.2, -0.15) is 0 Å². The maximum absolute atomic E-state index is 12.2. The third-order valence-electron chi connectivity index (χ3n) is 4.42. The van der Waals surface area contributed by atoms with E-state index in [1.807, 2.05) is 25.1 Å². The van der Waals surface area contributed by atoms with Gasteiger partial charge in [0.05, 0.1) is 26.3 Å². The van der Waals surface area contributed by atoms with E-state index in [0.29, 0.717) is 5.69 Å². The molecule has 0 bridgehead atoms. The van der Waals surface area contributed by atoms with Crippen LogP contribution in [0.25, 0.3) is 20.8 Å². The van der Waals surface area contributed by atoms with E-state index >= 15 is 0 Å². The van der Waals surface area contributed by atoms with Crippen LogP contribution in [-0.2, 0) is 11.3 Å². The molecule has 2 aromatic heterocycles. The molecule has 0 unspecified atom stereocenters. The van der Waals surface area contributed by atoms with Gasteiger partial charge in [0.2, 0.25) is 0 Å². The number of thiazole rings is 2. The lowest BCUT2D eigenvalue weighted by atomic mass is 10.1. The van der Waals surface area contributed by atoms with Crippen LogP contribution in [0.2, 0.25) is 0 Å². The number of aromatic nitrogens is 2. The van der Waals surface area contributed by atoms with E-state index < -0.39 is 6.09 Å². The van der Waals surface area contributed by atoms with Gasteiger partial charge >= 0.3 is 6.09 Å². The van der Waals surface area contributed by atoms with Gasteiger partial charge in [-0.25, -0.2) is 14.8 Å². The Morgan fingerprint density at radius 2 is 2.04 bits per heavy atom. The summed E-state index contributed by atoms with van der Waals surface area (Å²) in [5, 5.41) is 3.72. The van der Waals surface area contributed by atoms with Crippen LogP contribution in [0.5, 0.6) is 0 Å². The number of benzene rings is 2. The average Bonchev–Trinajstić information content (AvgIpc) is 3.26. The first-order valence-electron chi connectivity index (χ1n) is 8.80. The maximum atomic E-state index is 12.2. The highest BCUT2D eigenvalue weighted by atomic mass is 32.1. The molecule has 0 radical (unpaired) electrons. The molecule has 144 valence electrons. The maximum Gasteiger partial charge on any atom is 0.411 e. The normalized spacial score (nSPS) is 11.0. The number of carbonyl (C=O) groups excluding carboxylic acids is 1. The summed E-state index contributed by atoms with van der Waals surface area (Å²) in [5.41, 5.74) is 7.82. The second kappa shape index (κ2) is 7.69. The molecule has 4 rings (SSSR count). The summed E-state index contributed by atoms with van der Waals surface area (Å²) in [6, 6.07) is 11.9. The number of aryl methyl sites for hydroxylation is 3. The average molecular weight is 412 g/mol. The SMILES string of the molecule is Cc1ccc(-c2nc(C)c(COC(=O)Nc3ccc4ncsc4c3)s2)c(C)c1.[HH]. The molecule has 0 fully saturated rings. The van der Waals surface area contributed by atoms with E-state index in [1.165, 1.54) is 22.5 Å². The number of hydrogen-bond acceptors (Lipinski definition) is 6. The van der Waals surface area contributed by atoms with E-state index in [0.717, 1.165) is 31.4 Å². The van der Waals surface area contributed by atoms with Crippen LogP contribution >= 0.6 is 22.7 Å². The number of fused-ring (bicyclic) bond motifs is 1. The van der Waals surface area contributed by atoms with Crippen molar-refractivity contribution in [3.63, 3.8) is 0 Å².